The monoisotopic (exact) mass is 340 g/mol. The van der Waals surface area contributed by atoms with Crippen molar-refractivity contribution in [2.24, 2.45) is 0 Å². The van der Waals surface area contributed by atoms with E-state index in [0.29, 0.717) is 40.2 Å². The fraction of sp³-hybridized carbons (Fsp3) is 0.211. The Morgan fingerprint density at radius 3 is 2.88 bits per heavy atom. The number of likely N-dealkylation sites (N-methyl/N-ethyl adjacent to an activating group) is 1. The van der Waals surface area contributed by atoms with Crippen LogP contribution in [-0.2, 0) is 0 Å². The molecule has 6 heteroatoms. The molecule has 0 bridgehead atoms. The summed E-state index contributed by atoms with van der Waals surface area (Å²) < 4.78 is 25.4. The smallest absolute Gasteiger partial charge is 0.231 e. The molecule has 0 saturated carbocycles. The lowest BCUT2D eigenvalue weighted by Crippen LogP contribution is -2.22. The minimum Gasteiger partial charge on any atom is -0.454 e. The van der Waals surface area contributed by atoms with Crippen LogP contribution in [-0.4, -0.2) is 37.1 Å². The molecule has 1 aliphatic rings. The third-order valence-electron chi connectivity index (χ3n) is 4.32. The Hall–Kier alpha value is -2.86. The molecule has 0 fully saturated rings. The number of ether oxygens (including phenoxy) is 2. The second-order valence-electron chi connectivity index (χ2n) is 5.87. The van der Waals surface area contributed by atoms with Crippen LogP contribution in [0, 0.1) is 5.82 Å². The van der Waals surface area contributed by atoms with Crippen LogP contribution in [0.1, 0.15) is 0 Å². The molecule has 25 heavy (non-hydrogen) atoms. The third kappa shape index (κ3) is 2.64. The first-order valence-electron chi connectivity index (χ1n) is 7.98. The quantitative estimate of drug-likeness (QED) is 0.790. The summed E-state index contributed by atoms with van der Waals surface area (Å²) >= 11 is 0. The zero-order valence-corrected chi connectivity index (χ0v) is 13.7. The van der Waals surface area contributed by atoms with Crippen molar-refractivity contribution in [1.29, 1.82) is 0 Å². The minimum absolute atomic E-state index is 0.00109. The van der Waals surface area contributed by atoms with Crippen LogP contribution in [0.3, 0.4) is 0 Å². The van der Waals surface area contributed by atoms with E-state index in [4.69, 9.17) is 9.47 Å². The highest BCUT2D eigenvalue weighted by Crippen LogP contribution is 2.39. The Labute approximate surface area is 144 Å². The molecule has 2 aromatic carbocycles. The normalized spacial score (nSPS) is 12.6. The molecule has 0 amide bonds. The molecule has 0 radical (unpaired) electrons. The van der Waals surface area contributed by atoms with Crippen molar-refractivity contribution in [3.8, 4) is 22.6 Å². The van der Waals surface area contributed by atoms with Gasteiger partial charge in [-0.05, 0) is 23.8 Å². The van der Waals surface area contributed by atoms with Gasteiger partial charge >= 0.3 is 0 Å². The number of rotatable bonds is 4. The first kappa shape index (κ1) is 15.7. The van der Waals surface area contributed by atoms with Gasteiger partial charge in [0.05, 0.1) is 6.61 Å². The summed E-state index contributed by atoms with van der Waals surface area (Å²) in [5.41, 5.74) is 1.50. The molecule has 1 aromatic heterocycles. The van der Waals surface area contributed by atoms with Crippen molar-refractivity contribution in [2.75, 3.05) is 31.9 Å². The van der Waals surface area contributed by atoms with Crippen LogP contribution in [0.4, 0.5) is 10.2 Å². The Bertz CT molecular complexity index is 945. The number of nitrogens with zero attached hydrogens (tertiary/aromatic N) is 2. The molecule has 0 saturated heterocycles. The van der Waals surface area contributed by atoms with Crippen molar-refractivity contribution in [3.63, 3.8) is 0 Å². The average Bonchev–Trinajstić information content (AvgIpc) is 3.09. The fourth-order valence-corrected chi connectivity index (χ4v) is 3.09. The van der Waals surface area contributed by atoms with Crippen LogP contribution in [0.2, 0.25) is 0 Å². The minimum atomic E-state index is -0.314. The Morgan fingerprint density at radius 1 is 1.20 bits per heavy atom. The van der Waals surface area contributed by atoms with Gasteiger partial charge in [-0.2, -0.15) is 0 Å². The predicted octanol–water partition coefficient (Wildman–Crippen LogP) is 3.20. The number of benzene rings is 2. The number of aliphatic hydroxyl groups is 1. The second kappa shape index (κ2) is 6.22. The SMILES string of the molecule is CN(CCO)c1ncc(-c2ccc3c(c2)OCO3)c2c(F)cccc12. The molecule has 0 spiro atoms. The predicted molar refractivity (Wildman–Crippen MR) is 93.6 cm³/mol. The molecule has 3 aromatic rings. The standard InChI is InChI=1S/C19H17FN2O3/c1-22(7-8-23)19-13-3-2-4-15(20)18(13)14(10-21-19)12-5-6-16-17(9-12)25-11-24-16/h2-6,9-10,23H,7-8,11H2,1H3. The number of hydrogen-bond donors (Lipinski definition) is 1. The fourth-order valence-electron chi connectivity index (χ4n) is 3.09. The lowest BCUT2D eigenvalue weighted by molar-refractivity contribution is 0.174. The first-order chi connectivity index (χ1) is 12.2. The Kier molecular flexibility index (Phi) is 3.89. The maximum absolute atomic E-state index is 14.7. The van der Waals surface area contributed by atoms with Crippen molar-refractivity contribution in [2.45, 2.75) is 0 Å². The molecular weight excluding hydrogens is 323 g/mol. The maximum atomic E-state index is 14.7. The average molecular weight is 340 g/mol. The summed E-state index contributed by atoms with van der Waals surface area (Å²) in [4.78, 5) is 6.32. The number of halogens is 1. The summed E-state index contributed by atoms with van der Waals surface area (Å²) in [5.74, 6) is 1.64. The van der Waals surface area contributed by atoms with E-state index in [9.17, 15) is 9.50 Å². The molecular formula is C19H17FN2O3. The summed E-state index contributed by atoms with van der Waals surface area (Å²) in [7, 11) is 1.82. The zero-order chi connectivity index (χ0) is 17.4. The van der Waals surface area contributed by atoms with Crippen LogP contribution in [0.15, 0.2) is 42.6 Å². The van der Waals surface area contributed by atoms with E-state index in [1.807, 2.05) is 36.2 Å². The summed E-state index contributed by atoms with van der Waals surface area (Å²) in [6.45, 7) is 0.609. The lowest BCUT2D eigenvalue weighted by atomic mass is 9.99. The van der Waals surface area contributed by atoms with E-state index in [2.05, 4.69) is 4.98 Å². The van der Waals surface area contributed by atoms with E-state index in [1.165, 1.54) is 6.07 Å². The third-order valence-corrected chi connectivity index (χ3v) is 4.32. The van der Waals surface area contributed by atoms with Gasteiger partial charge in [-0.1, -0.05) is 18.2 Å². The van der Waals surface area contributed by atoms with Crippen molar-refractivity contribution in [1.82, 2.24) is 4.98 Å². The molecule has 1 aliphatic heterocycles. The van der Waals surface area contributed by atoms with Crippen molar-refractivity contribution in [3.05, 3.63) is 48.4 Å². The van der Waals surface area contributed by atoms with E-state index >= 15 is 0 Å². The summed E-state index contributed by atoms with van der Waals surface area (Å²) in [6, 6.07) is 10.5. The number of fused-ring (bicyclic) bond motifs is 2. The highest BCUT2D eigenvalue weighted by molar-refractivity contribution is 6.02. The maximum Gasteiger partial charge on any atom is 0.231 e. The summed E-state index contributed by atoms with van der Waals surface area (Å²) in [6.07, 6.45) is 1.66. The van der Waals surface area contributed by atoms with Crippen LogP contribution < -0.4 is 14.4 Å². The number of aromatic nitrogens is 1. The zero-order valence-electron chi connectivity index (χ0n) is 13.7. The van der Waals surface area contributed by atoms with Gasteiger partial charge in [0.2, 0.25) is 6.79 Å². The van der Waals surface area contributed by atoms with Gasteiger partial charge in [0.15, 0.2) is 11.5 Å². The van der Waals surface area contributed by atoms with Gasteiger partial charge < -0.3 is 19.5 Å². The molecule has 128 valence electrons. The van der Waals surface area contributed by atoms with E-state index < -0.39 is 0 Å². The largest absolute Gasteiger partial charge is 0.454 e. The van der Waals surface area contributed by atoms with Gasteiger partial charge in [0, 0.05) is 36.1 Å². The van der Waals surface area contributed by atoms with Gasteiger partial charge in [0.25, 0.3) is 0 Å². The van der Waals surface area contributed by atoms with Crippen LogP contribution in [0.25, 0.3) is 21.9 Å². The highest BCUT2D eigenvalue weighted by atomic mass is 19.1. The van der Waals surface area contributed by atoms with Crippen molar-refractivity contribution < 1.29 is 19.0 Å². The van der Waals surface area contributed by atoms with Gasteiger partial charge in [-0.15, -0.1) is 0 Å². The lowest BCUT2D eigenvalue weighted by Gasteiger charge is -2.20. The molecule has 2 heterocycles. The van der Waals surface area contributed by atoms with E-state index in [0.717, 1.165) is 5.56 Å². The van der Waals surface area contributed by atoms with Gasteiger partial charge in [0.1, 0.15) is 11.6 Å². The number of hydrogen-bond acceptors (Lipinski definition) is 5. The molecule has 1 N–H and O–H groups in total. The van der Waals surface area contributed by atoms with E-state index in [-0.39, 0.29) is 19.2 Å². The number of anilines is 1. The molecule has 5 nitrogen and oxygen atoms in total. The van der Waals surface area contributed by atoms with Crippen molar-refractivity contribution >= 4 is 16.6 Å². The number of pyridine rings is 1. The molecule has 0 aliphatic carbocycles. The molecule has 0 atom stereocenters. The topological polar surface area (TPSA) is 54.8 Å². The number of aliphatic hydroxyl groups excluding tert-OH is 1. The first-order valence-corrected chi connectivity index (χ1v) is 7.98. The highest BCUT2D eigenvalue weighted by Gasteiger charge is 2.18. The van der Waals surface area contributed by atoms with Gasteiger partial charge in [-0.3, -0.25) is 0 Å². The van der Waals surface area contributed by atoms with Gasteiger partial charge in [-0.25, -0.2) is 9.37 Å². The second-order valence-corrected chi connectivity index (χ2v) is 5.87. The van der Waals surface area contributed by atoms with Crippen LogP contribution >= 0.6 is 0 Å². The molecule has 4 rings (SSSR count). The Morgan fingerprint density at radius 2 is 2.04 bits per heavy atom. The molecule has 0 unspecified atom stereocenters. The van der Waals surface area contributed by atoms with Crippen LogP contribution in [0.5, 0.6) is 11.5 Å². The van der Waals surface area contributed by atoms with E-state index in [1.54, 1.807) is 12.3 Å². The Balaban J connectivity index is 1.92. The summed E-state index contributed by atoms with van der Waals surface area (Å²) in [5, 5.41) is 10.4.